The van der Waals surface area contributed by atoms with Crippen LogP contribution in [0, 0.1) is 6.92 Å². The molecule has 28 heavy (non-hydrogen) atoms. The van der Waals surface area contributed by atoms with Gasteiger partial charge in [0.15, 0.2) is 0 Å². The lowest BCUT2D eigenvalue weighted by atomic mass is 10.2. The van der Waals surface area contributed by atoms with Crippen molar-refractivity contribution in [3.8, 4) is 5.75 Å². The number of nitrogens with one attached hydrogen (secondary N) is 1. The van der Waals surface area contributed by atoms with E-state index in [-0.39, 0.29) is 5.91 Å². The number of hydrogen-bond acceptors (Lipinski definition) is 5. The number of methoxy groups -OCH3 is 1. The Balaban J connectivity index is 1.83. The van der Waals surface area contributed by atoms with Gasteiger partial charge in [0.05, 0.1) is 12.1 Å². The second-order valence-corrected chi connectivity index (χ2v) is 6.54. The maximum atomic E-state index is 13.0. The van der Waals surface area contributed by atoms with Crippen molar-refractivity contribution in [3.05, 3.63) is 71.0 Å². The third-order valence-corrected chi connectivity index (χ3v) is 4.45. The number of ether oxygens (including phenoxy) is 1. The number of aromatic nitrogens is 2. The first-order valence-corrected chi connectivity index (χ1v) is 9.21. The van der Waals surface area contributed by atoms with E-state index in [2.05, 4.69) is 15.3 Å². The molecule has 0 atom stereocenters. The Morgan fingerprint density at radius 1 is 1.21 bits per heavy atom. The van der Waals surface area contributed by atoms with Gasteiger partial charge in [-0.2, -0.15) is 0 Å². The molecule has 1 heterocycles. The summed E-state index contributed by atoms with van der Waals surface area (Å²) in [4.78, 5) is 23.2. The van der Waals surface area contributed by atoms with Crippen molar-refractivity contribution < 1.29 is 9.53 Å². The van der Waals surface area contributed by atoms with Crippen molar-refractivity contribution in [3.63, 3.8) is 0 Å². The number of nitrogens with zero attached hydrogens (tertiary/aromatic N) is 3. The van der Waals surface area contributed by atoms with Gasteiger partial charge < -0.3 is 15.0 Å². The van der Waals surface area contributed by atoms with Crippen LogP contribution in [0.1, 0.15) is 23.0 Å². The van der Waals surface area contributed by atoms with Crippen LogP contribution in [0.25, 0.3) is 0 Å². The summed E-state index contributed by atoms with van der Waals surface area (Å²) in [6, 6.07) is 14.7. The molecule has 0 unspecified atom stereocenters. The SMILES string of the molecule is CCN(C(=O)c1ccnc(Nc2ccc(OC)c(Cl)c2)n1)c1cccc(C)c1. The van der Waals surface area contributed by atoms with Crippen molar-refractivity contribution in [2.45, 2.75) is 13.8 Å². The minimum absolute atomic E-state index is 0.189. The molecule has 0 aliphatic carbocycles. The van der Waals surface area contributed by atoms with E-state index < -0.39 is 0 Å². The topological polar surface area (TPSA) is 67.4 Å². The molecule has 0 radical (unpaired) electrons. The van der Waals surface area contributed by atoms with Crippen LogP contribution < -0.4 is 15.0 Å². The molecule has 144 valence electrons. The van der Waals surface area contributed by atoms with Crippen molar-refractivity contribution >= 4 is 34.8 Å². The van der Waals surface area contributed by atoms with Gasteiger partial charge in [0.1, 0.15) is 11.4 Å². The predicted molar refractivity (Wildman–Crippen MR) is 112 cm³/mol. The third-order valence-electron chi connectivity index (χ3n) is 4.16. The fraction of sp³-hybridized carbons (Fsp3) is 0.190. The van der Waals surface area contributed by atoms with Gasteiger partial charge in [0, 0.05) is 24.1 Å². The molecule has 0 fully saturated rings. The standard InChI is InChI=1S/C21H21ClN4O2/c1-4-26(16-7-5-6-14(2)12-16)20(27)18-10-11-23-21(25-18)24-15-8-9-19(28-3)17(22)13-15/h5-13H,4H2,1-3H3,(H,23,24,25). The fourth-order valence-corrected chi connectivity index (χ4v) is 3.05. The first-order valence-electron chi connectivity index (χ1n) is 8.84. The summed E-state index contributed by atoms with van der Waals surface area (Å²) in [6.45, 7) is 4.46. The minimum atomic E-state index is -0.189. The van der Waals surface area contributed by atoms with Crippen molar-refractivity contribution in [2.75, 3.05) is 23.9 Å². The van der Waals surface area contributed by atoms with Gasteiger partial charge in [0.25, 0.3) is 5.91 Å². The van der Waals surface area contributed by atoms with Crippen LogP contribution in [0.2, 0.25) is 5.02 Å². The highest BCUT2D eigenvalue weighted by molar-refractivity contribution is 6.32. The number of carbonyl (C=O) groups is 1. The van der Waals surface area contributed by atoms with E-state index in [1.54, 1.807) is 42.5 Å². The maximum Gasteiger partial charge on any atom is 0.277 e. The van der Waals surface area contributed by atoms with Gasteiger partial charge in [-0.15, -0.1) is 0 Å². The molecule has 0 spiro atoms. The van der Waals surface area contributed by atoms with E-state index in [1.807, 2.05) is 38.1 Å². The van der Waals surface area contributed by atoms with E-state index in [4.69, 9.17) is 16.3 Å². The normalized spacial score (nSPS) is 10.4. The van der Waals surface area contributed by atoms with Gasteiger partial charge in [-0.05, 0) is 55.8 Å². The van der Waals surface area contributed by atoms with Crippen LogP contribution in [0.15, 0.2) is 54.7 Å². The van der Waals surface area contributed by atoms with Gasteiger partial charge >= 0.3 is 0 Å². The molecule has 1 amide bonds. The number of rotatable bonds is 6. The number of aryl methyl sites for hydroxylation is 1. The highest BCUT2D eigenvalue weighted by atomic mass is 35.5. The summed E-state index contributed by atoms with van der Waals surface area (Å²) in [7, 11) is 1.56. The van der Waals surface area contributed by atoms with Crippen LogP contribution in [0.4, 0.5) is 17.3 Å². The van der Waals surface area contributed by atoms with E-state index in [0.717, 1.165) is 11.3 Å². The van der Waals surface area contributed by atoms with Crippen molar-refractivity contribution in [2.24, 2.45) is 0 Å². The molecular formula is C21H21ClN4O2. The number of amides is 1. The Bertz CT molecular complexity index is 994. The lowest BCUT2D eigenvalue weighted by Gasteiger charge is -2.21. The quantitative estimate of drug-likeness (QED) is 0.644. The zero-order chi connectivity index (χ0) is 20.1. The predicted octanol–water partition coefficient (Wildman–Crippen LogP) is 4.86. The molecule has 1 N–H and O–H groups in total. The average Bonchev–Trinajstić information content (AvgIpc) is 2.69. The molecule has 1 aromatic heterocycles. The zero-order valence-electron chi connectivity index (χ0n) is 15.9. The van der Waals surface area contributed by atoms with Gasteiger partial charge in [0.2, 0.25) is 5.95 Å². The Hall–Kier alpha value is -3.12. The molecule has 6 nitrogen and oxygen atoms in total. The van der Waals surface area contributed by atoms with Gasteiger partial charge in [-0.1, -0.05) is 23.7 Å². The summed E-state index contributed by atoms with van der Waals surface area (Å²) in [5.41, 5.74) is 2.93. The number of carbonyl (C=O) groups excluding carboxylic acids is 1. The first kappa shape index (κ1) is 19.6. The van der Waals surface area contributed by atoms with Crippen LogP contribution >= 0.6 is 11.6 Å². The molecule has 0 saturated heterocycles. The lowest BCUT2D eigenvalue weighted by molar-refractivity contribution is 0.0983. The number of anilines is 3. The van der Waals surface area contributed by atoms with E-state index in [1.165, 1.54) is 0 Å². The molecule has 0 aliphatic rings. The van der Waals surface area contributed by atoms with Crippen LogP contribution in [0.5, 0.6) is 5.75 Å². The second-order valence-electron chi connectivity index (χ2n) is 6.13. The molecule has 0 bridgehead atoms. The lowest BCUT2D eigenvalue weighted by Crippen LogP contribution is -2.31. The fourth-order valence-electron chi connectivity index (χ4n) is 2.79. The van der Waals surface area contributed by atoms with E-state index in [0.29, 0.717) is 34.6 Å². The summed E-state index contributed by atoms with van der Waals surface area (Å²) < 4.78 is 5.15. The van der Waals surface area contributed by atoms with Crippen molar-refractivity contribution in [1.82, 2.24) is 9.97 Å². The third kappa shape index (κ3) is 4.40. The van der Waals surface area contributed by atoms with E-state index >= 15 is 0 Å². The monoisotopic (exact) mass is 396 g/mol. The molecular weight excluding hydrogens is 376 g/mol. The first-order chi connectivity index (χ1) is 13.5. The molecule has 0 aliphatic heterocycles. The van der Waals surface area contributed by atoms with Gasteiger partial charge in [-0.3, -0.25) is 4.79 Å². The Labute approximate surface area is 169 Å². The van der Waals surface area contributed by atoms with Crippen LogP contribution in [-0.4, -0.2) is 29.5 Å². The van der Waals surface area contributed by atoms with E-state index in [9.17, 15) is 4.79 Å². The number of benzene rings is 2. The Morgan fingerprint density at radius 2 is 2.04 bits per heavy atom. The average molecular weight is 397 g/mol. The van der Waals surface area contributed by atoms with Crippen molar-refractivity contribution in [1.29, 1.82) is 0 Å². The number of halogens is 1. The summed E-state index contributed by atoms with van der Waals surface area (Å²) in [5, 5.41) is 3.53. The molecule has 3 rings (SSSR count). The van der Waals surface area contributed by atoms with Gasteiger partial charge in [-0.25, -0.2) is 9.97 Å². The Morgan fingerprint density at radius 3 is 2.71 bits per heavy atom. The summed E-state index contributed by atoms with van der Waals surface area (Å²) >= 11 is 6.15. The molecule has 2 aromatic carbocycles. The highest BCUT2D eigenvalue weighted by Gasteiger charge is 2.18. The summed E-state index contributed by atoms with van der Waals surface area (Å²) in [6.07, 6.45) is 1.55. The summed E-state index contributed by atoms with van der Waals surface area (Å²) in [5.74, 6) is 0.701. The molecule has 3 aromatic rings. The largest absolute Gasteiger partial charge is 0.495 e. The smallest absolute Gasteiger partial charge is 0.277 e. The van der Waals surface area contributed by atoms with Crippen LogP contribution in [0.3, 0.4) is 0 Å². The number of hydrogen-bond donors (Lipinski definition) is 1. The Kier molecular flexibility index (Phi) is 6.11. The zero-order valence-corrected chi connectivity index (χ0v) is 16.7. The van der Waals surface area contributed by atoms with Crippen LogP contribution in [-0.2, 0) is 0 Å². The highest BCUT2D eigenvalue weighted by Crippen LogP contribution is 2.28. The minimum Gasteiger partial charge on any atom is -0.495 e. The molecule has 0 saturated carbocycles. The molecule has 7 heteroatoms. The second kappa shape index (κ2) is 8.71. The maximum absolute atomic E-state index is 13.0.